The fourth-order valence-corrected chi connectivity index (χ4v) is 13.3. The molecule has 1 unspecified atom stereocenters. The second-order valence-corrected chi connectivity index (χ2v) is 21.9. The molecule has 0 amide bonds. The molecular weight excluding hydrogens is 977 g/mol. The minimum absolute atomic E-state index is 0.238. The summed E-state index contributed by atoms with van der Waals surface area (Å²) in [6.45, 7) is 17.6. The molecule has 0 N–H and O–H groups in total. The molecule has 2 aliphatic heterocycles. The van der Waals surface area contributed by atoms with Gasteiger partial charge in [0, 0.05) is 28.4 Å². The van der Waals surface area contributed by atoms with Crippen molar-refractivity contribution in [2.24, 2.45) is 11.3 Å². The molecule has 1 spiro atoms. The molecule has 81 heavy (non-hydrogen) atoms. The van der Waals surface area contributed by atoms with Crippen LogP contribution in [0.1, 0.15) is 57.3 Å². The van der Waals surface area contributed by atoms with Crippen LogP contribution in [0.4, 0.5) is 17.1 Å². The monoisotopic (exact) mass is 1040 g/mol. The number of fused-ring (bicyclic) bond motifs is 7. The van der Waals surface area contributed by atoms with Gasteiger partial charge in [0.05, 0.1) is 22.5 Å². The van der Waals surface area contributed by atoms with E-state index in [0.29, 0.717) is 0 Å². The molecule has 2 nitrogen and oxygen atoms in total. The molecule has 0 saturated carbocycles. The zero-order valence-electron chi connectivity index (χ0n) is 45.8. The third-order valence-electron chi connectivity index (χ3n) is 17.1. The Labute approximate surface area is 478 Å². The van der Waals surface area contributed by atoms with Crippen molar-refractivity contribution in [3.63, 3.8) is 0 Å². The molecule has 390 valence electrons. The van der Waals surface area contributed by atoms with Crippen molar-refractivity contribution in [1.29, 1.82) is 0 Å². The molecule has 0 saturated heterocycles. The molecule has 14 rings (SSSR count). The molecule has 7 aliphatic rings. The fraction of sp³-hybridized carbons (Fsp3) is 0.0886. The van der Waals surface area contributed by atoms with Crippen LogP contribution in [-0.2, 0) is 18.3 Å². The molecule has 0 radical (unpaired) electrons. The van der Waals surface area contributed by atoms with Crippen LogP contribution >= 0.6 is 0 Å². The Hall–Kier alpha value is -9.76. The Morgan fingerprint density at radius 1 is 0.543 bits per heavy atom. The van der Waals surface area contributed by atoms with E-state index in [1.54, 1.807) is 0 Å². The first kappa shape index (κ1) is 50.7. The molecule has 1 atom stereocenters. The second kappa shape index (κ2) is 21.5. The fourth-order valence-electron chi connectivity index (χ4n) is 13.3. The van der Waals surface area contributed by atoms with E-state index in [2.05, 4.69) is 309 Å². The summed E-state index contributed by atoms with van der Waals surface area (Å²) in [5.41, 5.74) is 24.6. The van der Waals surface area contributed by atoms with E-state index in [4.69, 9.17) is 6.58 Å². The van der Waals surface area contributed by atoms with Gasteiger partial charge in [-0.05, 0) is 164 Å². The van der Waals surface area contributed by atoms with Gasteiger partial charge in [-0.3, -0.25) is 0 Å². The number of nitrogens with zero attached hydrogens (tertiary/aromatic N) is 2. The molecule has 2 heteroatoms. The number of hydrogen-bond donors (Lipinski definition) is 0. The highest BCUT2D eigenvalue weighted by Gasteiger charge is 2.47. The van der Waals surface area contributed by atoms with Crippen LogP contribution in [0.5, 0.6) is 0 Å². The van der Waals surface area contributed by atoms with Crippen molar-refractivity contribution < 1.29 is 0 Å². The standard InChI is InChI=1S/C40H29N.C39H35N/c1-3-15-31(16-4-1)40(32-17-5-2-6-18-32)37-21-11-10-20-35(37)36-26-25-34(28-38(36)40)41-33-19-9-7-13-29(27-33)23-24-30-14-8-12-22-39(30)41;1-5-28(2)24-36-29(3)14-13-19-35(25-30(4)39(36)26-33-17-9-10-18-34(33)27-39)40-37-20-8-6-7-15-31(37)22-23-32-16-11-12-21-38(32)40/h1-29H;5,7-13,15-25H,1-4,6,14,26-27H2/b24-23-;19-13-,35-25+,36-24+. The largest absolute Gasteiger partial charge is 0.310 e. The van der Waals surface area contributed by atoms with Gasteiger partial charge in [0.1, 0.15) is 0 Å². The minimum Gasteiger partial charge on any atom is -0.310 e. The maximum atomic E-state index is 4.80. The lowest BCUT2D eigenvalue weighted by molar-refractivity contribution is 0.473. The van der Waals surface area contributed by atoms with E-state index in [0.717, 1.165) is 65.2 Å². The average Bonchev–Trinajstić information content (AvgIpc) is 3.01. The Morgan fingerprint density at radius 3 is 1.93 bits per heavy atom. The highest BCUT2D eigenvalue weighted by molar-refractivity contribution is 5.90. The zero-order valence-corrected chi connectivity index (χ0v) is 45.8. The summed E-state index contributed by atoms with van der Waals surface area (Å²) in [6.07, 6.45) is 43.3. The first-order valence-electron chi connectivity index (χ1n) is 28.3. The summed E-state index contributed by atoms with van der Waals surface area (Å²) in [5, 5.41) is 0. The van der Waals surface area contributed by atoms with Gasteiger partial charge in [-0.15, -0.1) is 0 Å². The first-order valence-corrected chi connectivity index (χ1v) is 28.3. The summed E-state index contributed by atoms with van der Waals surface area (Å²) in [4.78, 5) is 4.83. The Balaban J connectivity index is 0.000000153. The van der Waals surface area contributed by atoms with Crippen molar-refractivity contribution >= 4 is 29.2 Å². The third-order valence-corrected chi connectivity index (χ3v) is 17.1. The molecule has 2 heterocycles. The molecule has 2 bridgehead atoms. The number of allylic oxidation sites excluding steroid dienone is 21. The molecule has 0 aromatic heterocycles. The smallest absolute Gasteiger partial charge is 0.0714 e. The average molecular weight is 1040 g/mol. The van der Waals surface area contributed by atoms with Crippen LogP contribution < -0.4 is 9.80 Å². The quantitative estimate of drug-likeness (QED) is 0.153. The first-order chi connectivity index (χ1) is 39.8. The lowest BCUT2D eigenvalue weighted by Gasteiger charge is -2.35. The second-order valence-electron chi connectivity index (χ2n) is 21.9. The van der Waals surface area contributed by atoms with Crippen LogP contribution in [0.15, 0.2) is 344 Å². The molecular formula is C79H64N2. The maximum absolute atomic E-state index is 4.80. The van der Waals surface area contributed by atoms with Crippen LogP contribution in [-0.4, -0.2) is 0 Å². The van der Waals surface area contributed by atoms with E-state index >= 15 is 0 Å². The molecule has 5 aliphatic carbocycles. The highest BCUT2D eigenvalue weighted by Crippen LogP contribution is 2.58. The van der Waals surface area contributed by atoms with Gasteiger partial charge in [0.25, 0.3) is 0 Å². The van der Waals surface area contributed by atoms with E-state index in [-0.39, 0.29) is 11.3 Å². The summed E-state index contributed by atoms with van der Waals surface area (Å²) in [6, 6.07) is 64.2. The van der Waals surface area contributed by atoms with E-state index in [1.165, 1.54) is 78.2 Å². The predicted molar refractivity (Wildman–Crippen MR) is 343 cm³/mol. The Bertz CT molecular complexity index is 4010. The van der Waals surface area contributed by atoms with Gasteiger partial charge in [-0.1, -0.05) is 257 Å². The molecule has 0 fully saturated rings. The normalized spacial score (nSPS) is 20.3. The van der Waals surface area contributed by atoms with Crippen molar-refractivity contribution in [2.75, 3.05) is 9.80 Å². The summed E-state index contributed by atoms with van der Waals surface area (Å²) < 4.78 is 0. The van der Waals surface area contributed by atoms with Gasteiger partial charge in [0.15, 0.2) is 0 Å². The van der Waals surface area contributed by atoms with Gasteiger partial charge < -0.3 is 9.80 Å². The lowest BCUT2D eigenvalue weighted by Crippen LogP contribution is -2.29. The summed E-state index contributed by atoms with van der Waals surface area (Å²) in [7, 11) is 0. The minimum atomic E-state index is -0.426. The topological polar surface area (TPSA) is 6.48 Å². The molecule has 7 aromatic carbocycles. The Morgan fingerprint density at radius 2 is 1.19 bits per heavy atom. The summed E-state index contributed by atoms with van der Waals surface area (Å²) in [5.74, 6) is 0.238. The van der Waals surface area contributed by atoms with Crippen LogP contribution in [0.3, 0.4) is 0 Å². The lowest BCUT2D eigenvalue weighted by atomic mass is 9.67. The van der Waals surface area contributed by atoms with Crippen molar-refractivity contribution in [1.82, 2.24) is 0 Å². The number of benzene rings is 7. The van der Waals surface area contributed by atoms with E-state index in [1.807, 2.05) is 6.08 Å². The van der Waals surface area contributed by atoms with Crippen LogP contribution in [0, 0.1) is 11.3 Å². The third kappa shape index (κ3) is 9.04. The van der Waals surface area contributed by atoms with Gasteiger partial charge in [-0.2, -0.15) is 0 Å². The Kier molecular flexibility index (Phi) is 13.4. The van der Waals surface area contributed by atoms with Crippen LogP contribution in [0.25, 0.3) is 23.3 Å². The van der Waals surface area contributed by atoms with Gasteiger partial charge in [0.2, 0.25) is 0 Å². The maximum Gasteiger partial charge on any atom is 0.0714 e. The van der Waals surface area contributed by atoms with E-state index in [9.17, 15) is 0 Å². The van der Waals surface area contributed by atoms with Crippen molar-refractivity contribution in [2.45, 2.75) is 31.1 Å². The SMILES string of the molecule is C1=CC2=CC(C=C1)/C=C\c1ccccc1N2c1ccc2c(c1)C(c1ccccc1)(c1ccccc1)c1ccccc1-2.C=CC(=C)/C=C1\C(=C)C/C=C\C(N2C3=C(C=CCC=C3)C=Cc3ccccc32)=C/C(=C)C12Cc1ccccc1C2. The number of anilines is 3. The van der Waals surface area contributed by atoms with Crippen LogP contribution in [0.2, 0.25) is 0 Å². The molecule has 7 aromatic rings. The van der Waals surface area contributed by atoms with Crippen molar-refractivity contribution in [3.8, 4) is 11.1 Å². The number of rotatable bonds is 6. The van der Waals surface area contributed by atoms with Gasteiger partial charge in [-0.25, -0.2) is 0 Å². The summed E-state index contributed by atoms with van der Waals surface area (Å²) >= 11 is 0. The number of hydrogen-bond acceptors (Lipinski definition) is 2. The van der Waals surface area contributed by atoms with Gasteiger partial charge >= 0.3 is 0 Å². The van der Waals surface area contributed by atoms with E-state index < -0.39 is 5.41 Å². The zero-order chi connectivity index (χ0) is 54.9. The predicted octanol–water partition coefficient (Wildman–Crippen LogP) is 19.5. The van der Waals surface area contributed by atoms with Crippen molar-refractivity contribution in [3.05, 3.63) is 389 Å². The highest BCUT2D eigenvalue weighted by atomic mass is 15.2. The number of para-hydroxylation sites is 2.